The molecule has 1 rings (SSSR count). The van der Waals surface area contributed by atoms with Crippen molar-refractivity contribution in [2.24, 2.45) is 0 Å². The Bertz CT molecular complexity index is 312. The zero-order valence-corrected chi connectivity index (χ0v) is 13.5. The quantitative estimate of drug-likeness (QED) is 0.602. The summed E-state index contributed by atoms with van der Waals surface area (Å²) in [7, 11) is 0. The normalized spacial score (nSPS) is 14.3. The van der Waals surface area contributed by atoms with Crippen LogP contribution in [-0.2, 0) is 0 Å². The van der Waals surface area contributed by atoms with Gasteiger partial charge in [0.05, 0.1) is 0 Å². The van der Waals surface area contributed by atoms with Crippen molar-refractivity contribution in [1.29, 1.82) is 0 Å². The highest BCUT2D eigenvalue weighted by molar-refractivity contribution is 7.99. The molecule has 0 radical (unpaired) electrons. The van der Waals surface area contributed by atoms with E-state index in [1.807, 2.05) is 11.8 Å². The Morgan fingerprint density at radius 1 is 1.11 bits per heavy atom. The van der Waals surface area contributed by atoms with Crippen LogP contribution < -0.4 is 5.32 Å². The molecule has 1 aromatic carbocycles. The maximum atomic E-state index is 3.81. The van der Waals surface area contributed by atoms with E-state index in [-0.39, 0.29) is 0 Å². The summed E-state index contributed by atoms with van der Waals surface area (Å²) in [6, 6.07) is 12.0. The van der Waals surface area contributed by atoms with Gasteiger partial charge in [-0.15, -0.1) is 0 Å². The van der Waals surface area contributed by atoms with E-state index in [0.717, 1.165) is 0 Å². The van der Waals surface area contributed by atoms with Gasteiger partial charge in [-0.3, -0.25) is 0 Å². The van der Waals surface area contributed by atoms with Gasteiger partial charge in [0.15, 0.2) is 0 Å². The second-order valence-corrected chi connectivity index (χ2v) is 6.51. The average molecular weight is 279 g/mol. The molecule has 0 fully saturated rings. The topological polar surface area (TPSA) is 12.0 Å². The molecule has 2 unspecified atom stereocenters. The van der Waals surface area contributed by atoms with Crippen LogP contribution in [0.4, 0.5) is 0 Å². The maximum Gasteiger partial charge on any atom is 0.0322 e. The Morgan fingerprint density at radius 2 is 1.84 bits per heavy atom. The first-order chi connectivity index (χ1) is 9.27. The van der Waals surface area contributed by atoms with Crippen LogP contribution in [0, 0.1) is 0 Å². The Hall–Kier alpha value is -0.470. The van der Waals surface area contributed by atoms with Gasteiger partial charge < -0.3 is 5.32 Å². The second kappa shape index (κ2) is 10.3. The molecular weight excluding hydrogens is 250 g/mol. The van der Waals surface area contributed by atoms with Gasteiger partial charge in [0.2, 0.25) is 0 Å². The number of hydrogen-bond donors (Lipinski definition) is 1. The molecule has 0 amide bonds. The molecule has 2 heteroatoms. The van der Waals surface area contributed by atoms with Gasteiger partial charge in [0.25, 0.3) is 0 Å². The maximum absolute atomic E-state index is 3.81. The summed E-state index contributed by atoms with van der Waals surface area (Å²) in [4.78, 5) is 0. The fraction of sp³-hybridized carbons (Fsp3) is 0.647. The van der Waals surface area contributed by atoms with Crippen LogP contribution in [0.2, 0.25) is 0 Å². The van der Waals surface area contributed by atoms with Crippen LogP contribution in [0.15, 0.2) is 30.3 Å². The van der Waals surface area contributed by atoms with E-state index in [1.165, 1.54) is 42.8 Å². The third-order valence-electron chi connectivity index (χ3n) is 3.36. The highest BCUT2D eigenvalue weighted by atomic mass is 32.2. The van der Waals surface area contributed by atoms with Crippen molar-refractivity contribution in [2.75, 3.05) is 11.5 Å². The summed E-state index contributed by atoms with van der Waals surface area (Å²) in [5.74, 6) is 2.41. The fourth-order valence-corrected chi connectivity index (χ4v) is 3.00. The van der Waals surface area contributed by atoms with Crippen molar-refractivity contribution in [1.82, 2.24) is 5.32 Å². The monoisotopic (exact) mass is 279 g/mol. The molecule has 0 bridgehead atoms. The molecule has 1 N–H and O–H groups in total. The summed E-state index contributed by atoms with van der Waals surface area (Å²) in [6.45, 7) is 6.80. The molecule has 0 aliphatic rings. The highest BCUT2D eigenvalue weighted by Gasteiger charge is 2.13. The summed E-state index contributed by atoms with van der Waals surface area (Å²) < 4.78 is 0. The third kappa shape index (κ3) is 7.03. The molecule has 0 saturated carbocycles. The fourth-order valence-electron chi connectivity index (χ4n) is 2.32. The predicted octanol–water partition coefficient (Wildman–Crippen LogP) is 5.04. The Balaban J connectivity index is 2.54. The zero-order chi connectivity index (χ0) is 13.9. The zero-order valence-electron chi connectivity index (χ0n) is 12.7. The molecule has 0 aliphatic carbocycles. The highest BCUT2D eigenvalue weighted by Crippen LogP contribution is 2.21. The first kappa shape index (κ1) is 16.6. The van der Waals surface area contributed by atoms with Gasteiger partial charge in [0.1, 0.15) is 0 Å². The lowest BCUT2D eigenvalue weighted by Crippen LogP contribution is -2.32. The van der Waals surface area contributed by atoms with Crippen LogP contribution in [0.3, 0.4) is 0 Å². The van der Waals surface area contributed by atoms with Crippen molar-refractivity contribution in [3.05, 3.63) is 35.9 Å². The van der Waals surface area contributed by atoms with Gasteiger partial charge in [-0.2, -0.15) is 11.8 Å². The molecule has 108 valence electrons. The minimum Gasteiger partial charge on any atom is -0.307 e. The minimum atomic E-state index is 0.514. The lowest BCUT2D eigenvalue weighted by molar-refractivity contribution is 0.438. The van der Waals surface area contributed by atoms with Gasteiger partial charge in [-0.05, 0) is 24.7 Å². The van der Waals surface area contributed by atoms with Crippen molar-refractivity contribution in [3.8, 4) is 0 Å². The predicted molar refractivity (Wildman–Crippen MR) is 88.9 cm³/mol. The molecule has 0 aromatic heterocycles. The van der Waals surface area contributed by atoms with Crippen molar-refractivity contribution in [2.45, 2.75) is 58.5 Å². The van der Waals surface area contributed by atoms with Crippen LogP contribution in [0.5, 0.6) is 0 Å². The Morgan fingerprint density at radius 3 is 2.47 bits per heavy atom. The van der Waals surface area contributed by atoms with Gasteiger partial charge >= 0.3 is 0 Å². The largest absolute Gasteiger partial charge is 0.307 e. The van der Waals surface area contributed by atoms with E-state index in [1.54, 1.807) is 0 Å². The molecule has 0 saturated heterocycles. The van der Waals surface area contributed by atoms with E-state index in [4.69, 9.17) is 0 Å². The number of unbranched alkanes of at least 4 members (excludes halogenated alkanes) is 2. The molecule has 0 aliphatic heterocycles. The SMILES string of the molecule is CCCCCC(NC(C)CSCC)c1ccccc1. The van der Waals surface area contributed by atoms with Crippen LogP contribution >= 0.6 is 11.8 Å². The number of hydrogen-bond acceptors (Lipinski definition) is 2. The van der Waals surface area contributed by atoms with Crippen LogP contribution in [0.1, 0.15) is 58.1 Å². The van der Waals surface area contributed by atoms with Gasteiger partial charge in [0, 0.05) is 17.8 Å². The van der Waals surface area contributed by atoms with Gasteiger partial charge in [-0.25, -0.2) is 0 Å². The minimum absolute atomic E-state index is 0.514. The standard InChI is InChI=1S/C17H29NS/c1-4-6-8-13-17(16-11-9-7-10-12-16)18-15(3)14-19-5-2/h7,9-12,15,17-18H,4-6,8,13-14H2,1-3H3. The first-order valence-electron chi connectivity index (χ1n) is 7.66. The smallest absolute Gasteiger partial charge is 0.0322 e. The molecule has 1 nitrogen and oxygen atoms in total. The molecule has 1 aromatic rings. The number of benzene rings is 1. The molecule has 2 atom stereocenters. The van der Waals surface area contributed by atoms with Crippen molar-refractivity contribution >= 4 is 11.8 Å². The summed E-state index contributed by atoms with van der Waals surface area (Å²) >= 11 is 2.02. The lowest BCUT2D eigenvalue weighted by Gasteiger charge is -2.24. The van der Waals surface area contributed by atoms with E-state index in [0.29, 0.717) is 12.1 Å². The van der Waals surface area contributed by atoms with E-state index >= 15 is 0 Å². The summed E-state index contributed by atoms with van der Waals surface area (Å²) in [5.41, 5.74) is 1.44. The van der Waals surface area contributed by atoms with Crippen molar-refractivity contribution in [3.63, 3.8) is 0 Å². The number of rotatable bonds is 10. The molecule has 0 spiro atoms. The summed E-state index contributed by atoms with van der Waals surface area (Å²) in [5, 5.41) is 3.81. The average Bonchev–Trinajstić information content (AvgIpc) is 2.45. The Kier molecular flexibility index (Phi) is 9.02. The van der Waals surface area contributed by atoms with Crippen LogP contribution in [0.25, 0.3) is 0 Å². The lowest BCUT2D eigenvalue weighted by atomic mass is 10.00. The number of thioether (sulfide) groups is 1. The third-order valence-corrected chi connectivity index (χ3v) is 4.50. The molecule has 19 heavy (non-hydrogen) atoms. The Labute approximate surface area is 123 Å². The second-order valence-electron chi connectivity index (χ2n) is 5.19. The molecular formula is C17H29NS. The van der Waals surface area contributed by atoms with Crippen LogP contribution in [-0.4, -0.2) is 17.5 Å². The van der Waals surface area contributed by atoms with E-state index < -0.39 is 0 Å². The number of nitrogens with one attached hydrogen (secondary N) is 1. The van der Waals surface area contributed by atoms with Crippen molar-refractivity contribution < 1.29 is 0 Å². The first-order valence-corrected chi connectivity index (χ1v) is 8.82. The molecule has 0 heterocycles. The van der Waals surface area contributed by atoms with E-state index in [9.17, 15) is 0 Å². The van der Waals surface area contributed by atoms with Gasteiger partial charge in [-0.1, -0.05) is 63.4 Å². The van der Waals surface area contributed by atoms with E-state index in [2.05, 4.69) is 56.4 Å². The summed E-state index contributed by atoms with van der Waals surface area (Å²) in [6.07, 6.45) is 5.20.